The maximum absolute atomic E-state index is 13.5. The summed E-state index contributed by atoms with van der Waals surface area (Å²) in [7, 11) is -4.31. The van der Waals surface area contributed by atoms with Gasteiger partial charge in [-0.15, -0.1) is 0 Å². The second kappa shape index (κ2) is 8.37. The fourth-order valence-corrected chi connectivity index (χ4v) is 4.40. The Balaban J connectivity index is 2.17. The fraction of sp³-hybridized carbons (Fsp3) is 0.300. The molecule has 10 heteroatoms. The van der Waals surface area contributed by atoms with E-state index in [1.807, 2.05) is 13.8 Å². The first-order valence-electron chi connectivity index (χ1n) is 9.09. The van der Waals surface area contributed by atoms with Gasteiger partial charge in [0.2, 0.25) is 11.0 Å². The Bertz CT molecular complexity index is 1290. The number of primary sulfonamides is 1. The molecule has 0 aliphatic heterocycles. The molecule has 0 fully saturated rings. The zero-order chi connectivity index (χ0) is 22.2. The Morgan fingerprint density at radius 1 is 1.30 bits per heavy atom. The minimum absolute atomic E-state index is 0.141. The predicted molar refractivity (Wildman–Crippen MR) is 113 cm³/mol. The van der Waals surface area contributed by atoms with Crippen LogP contribution in [0.5, 0.6) is 5.75 Å². The molecule has 3 rings (SSSR count). The average molecular weight is 453 g/mol. The van der Waals surface area contributed by atoms with Crippen LogP contribution < -0.4 is 15.3 Å². The lowest BCUT2D eigenvalue weighted by molar-refractivity contribution is 0.217. The maximum atomic E-state index is 13.5. The van der Waals surface area contributed by atoms with Crippen LogP contribution in [0.3, 0.4) is 0 Å². The third-order valence-electron chi connectivity index (χ3n) is 4.43. The summed E-state index contributed by atoms with van der Waals surface area (Å²) in [5.41, 5.74) is 2.09. The van der Waals surface area contributed by atoms with E-state index >= 15 is 0 Å². The summed E-state index contributed by atoms with van der Waals surface area (Å²) in [6, 6.07) is 5.65. The summed E-state index contributed by atoms with van der Waals surface area (Å²) in [5.74, 6) is -0.469. The van der Waals surface area contributed by atoms with E-state index in [0.29, 0.717) is 27.2 Å². The Hall–Kier alpha value is -2.43. The van der Waals surface area contributed by atoms with Crippen LogP contribution >= 0.6 is 11.8 Å². The van der Waals surface area contributed by atoms with Crippen LogP contribution in [0.1, 0.15) is 36.6 Å². The Morgan fingerprint density at radius 3 is 2.63 bits per heavy atom. The number of ether oxygens (including phenoxy) is 1. The third kappa shape index (κ3) is 4.35. The number of hydrogen-bond donors (Lipinski definition) is 1. The summed E-state index contributed by atoms with van der Waals surface area (Å²) in [6.45, 7) is 7.16. The molecular weight excluding hydrogens is 431 g/mol. The fourth-order valence-electron chi connectivity index (χ4n) is 3.07. The highest BCUT2D eigenvalue weighted by Crippen LogP contribution is 2.33. The summed E-state index contributed by atoms with van der Waals surface area (Å²) in [4.78, 5) is 16.2. The van der Waals surface area contributed by atoms with Gasteiger partial charge in [-0.3, -0.25) is 4.79 Å². The molecule has 0 radical (unpaired) electrons. The second-order valence-electron chi connectivity index (χ2n) is 6.75. The number of aromatic nitrogens is 1. The van der Waals surface area contributed by atoms with Crippen LogP contribution in [0, 0.1) is 19.8 Å². The van der Waals surface area contributed by atoms with Gasteiger partial charge in [-0.2, -0.15) is 4.39 Å². The molecule has 0 aliphatic carbocycles. The number of thioether (sulfide) groups is 1. The van der Waals surface area contributed by atoms with Crippen LogP contribution in [-0.2, 0) is 10.0 Å². The van der Waals surface area contributed by atoms with Crippen LogP contribution in [0.4, 0.5) is 4.39 Å². The van der Waals surface area contributed by atoms with Gasteiger partial charge in [0.25, 0.3) is 10.0 Å². The van der Waals surface area contributed by atoms with Crippen LogP contribution in [0.25, 0.3) is 11.0 Å². The number of halogens is 1. The van der Waals surface area contributed by atoms with Crippen LogP contribution in [-0.4, -0.2) is 19.2 Å². The summed E-state index contributed by atoms with van der Waals surface area (Å²) in [5, 5.41) is 5.36. The number of nitrogens with zero attached hydrogens (tertiary/aromatic N) is 1. The van der Waals surface area contributed by atoms with Crippen molar-refractivity contribution in [2.45, 2.75) is 43.9 Å². The van der Waals surface area contributed by atoms with Crippen molar-refractivity contribution in [3.05, 3.63) is 57.1 Å². The molecule has 0 unspecified atom stereocenters. The standard InChI is InChI=1S/C20H21FN2O5S2/c1-5-29-20-11(3)17(24)14-9-10(2)8-13(18(14)28-20)12(4)27-15-6-7-16(21)23-19(15)30(22,25)26/h6-9,12H,5H2,1-4H3,(H2,22,25,26)/t12-/m1/s1. The molecule has 0 aliphatic rings. The van der Waals surface area contributed by atoms with Crippen molar-refractivity contribution in [3.8, 4) is 5.75 Å². The minimum Gasteiger partial charge on any atom is -0.483 e. The molecule has 160 valence electrons. The molecule has 0 amide bonds. The highest BCUT2D eigenvalue weighted by atomic mass is 32.2. The van der Waals surface area contributed by atoms with E-state index in [1.165, 1.54) is 11.8 Å². The lowest BCUT2D eigenvalue weighted by atomic mass is 10.0. The normalized spacial score (nSPS) is 12.9. The van der Waals surface area contributed by atoms with Crippen molar-refractivity contribution >= 4 is 32.8 Å². The van der Waals surface area contributed by atoms with Gasteiger partial charge in [-0.05, 0) is 56.4 Å². The van der Waals surface area contributed by atoms with E-state index in [0.717, 1.165) is 23.4 Å². The van der Waals surface area contributed by atoms with E-state index in [2.05, 4.69) is 4.98 Å². The molecular formula is C20H21FN2O5S2. The summed E-state index contributed by atoms with van der Waals surface area (Å²) in [6.07, 6.45) is -0.745. The molecule has 1 atom stereocenters. The van der Waals surface area contributed by atoms with Crippen LogP contribution in [0.15, 0.2) is 43.6 Å². The van der Waals surface area contributed by atoms with Gasteiger partial charge in [0.05, 0.1) is 5.39 Å². The predicted octanol–water partition coefficient (Wildman–Crippen LogP) is 3.84. The number of rotatable bonds is 6. The van der Waals surface area contributed by atoms with Crippen molar-refractivity contribution in [2.24, 2.45) is 5.14 Å². The number of nitrogens with two attached hydrogens (primary N) is 1. The topological polar surface area (TPSA) is 112 Å². The number of hydrogen-bond acceptors (Lipinski definition) is 7. The third-order valence-corrected chi connectivity index (χ3v) is 6.20. The number of benzene rings is 1. The first kappa shape index (κ1) is 22.3. The van der Waals surface area contributed by atoms with Gasteiger partial charge < -0.3 is 9.15 Å². The van der Waals surface area contributed by atoms with E-state index in [1.54, 1.807) is 26.0 Å². The number of fused-ring (bicyclic) bond motifs is 1. The largest absolute Gasteiger partial charge is 0.483 e. The van der Waals surface area contributed by atoms with Crippen LogP contribution in [0.2, 0.25) is 0 Å². The molecule has 0 saturated carbocycles. The second-order valence-corrected chi connectivity index (χ2v) is 9.46. The molecule has 0 spiro atoms. The molecule has 2 aromatic heterocycles. The van der Waals surface area contributed by atoms with Gasteiger partial charge in [0, 0.05) is 11.1 Å². The van der Waals surface area contributed by atoms with Crippen molar-refractivity contribution in [1.29, 1.82) is 0 Å². The van der Waals surface area contributed by atoms with E-state index in [-0.39, 0.29) is 11.2 Å². The molecule has 0 bridgehead atoms. The molecule has 7 nitrogen and oxygen atoms in total. The quantitative estimate of drug-likeness (QED) is 0.446. The Morgan fingerprint density at radius 2 is 2.00 bits per heavy atom. The number of sulfonamides is 1. The van der Waals surface area contributed by atoms with Crippen molar-refractivity contribution in [3.63, 3.8) is 0 Å². The van der Waals surface area contributed by atoms with Crippen molar-refractivity contribution < 1.29 is 22.0 Å². The summed E-state index contributed by atoms with van der Waals surface area (Å²) < 4.78 is 48.9. The van der Waals surface area contributed by atoms with Gasteiger partial charge in [-0.25, -0.2) is 18.5 Å². The Labute approximate surface area is 177 Å². The smallest absolute Gasteiger partial charge is 0.259 e. The van der Waals surface area contributed by atoms with Gasteiger partial charge >= 0.3 is 0 Å². The maximum Gasteiger partial charge on any atom is 0.259 e. The average Bonchev–Trinajstić information content (AvgIpc) is 2.66. The SMILES string of the molecule is CCSc1oc2c([C@@H](C)Oc3ccc(F)nc3S(N)(=O)=O)cc(C)cc2c(=O)c1C. The van der Waals surface area contributed by atoms with Crippen molar-refractivity contribution in [2.75, 3.05) is 5.75 Å². The summed E-state index contributed by atoms with van der Waals surface area (Å²) >= 11 is 1.41. The van der Waals surface area contributed by atoms with Gasteiger partial charge in [0.1, 0.15) is 11.7 Å². The highest BCUT2D eigenvalue weighted by molar-refractivity contribution is 7.99. The van der Waals surface area contributed by atoms with Gasteiger partial charge in [0.15, 0.2) is 16.3 Å². The molecule has 3 aromatic rings. The first-order chi connectivity index (χ1) is 14.0. The van der Waals surface area contributed by atoms with E-state index in [4.69, 9.17) is 14.3 Å². The zero-order valence-corrected chi connectivity index (χ0v) is 18.5. The molecule has 2 heterocycles. The van der Waals surface area contributed by atoms with E-state index < -0.39 is 27.1 Å². The number of pyridine rings is 1. The lowest BCUT2D eigenvalue weighted by Crippen LogP contribution is -2.17. The van der Waals surface area contributed by atoms with E-state index in [9.17, 15) is 17.6 Å². The molecule has 0 saturated heterocycles. The minimum atomic E-state index is -4.31. The Kier molecular flexibility index (Phi) is 6.21. The number of aryl methyl sites for hydroxylation is 1. The molecule has 2 N–H and O–H groups in total. The van der Waals surface area contributed by atoms with Gasteiger partial charge in [-0.1, -0.05) is 18.7 Å². The zero-order valence-electron chi connectivity index (χ0n) is 16.9. The monoisotopic (exact) mass is 452 g/mol. The molecule has 1 aromatic carbocycles. The lowest BCUT2D eigenvalue weighted by Gasteiger charge is -2.19. The highest BCUT2D eigenvalue weighted by Gasteiger charge is 2.23. The van der Waals surface area contributed by atoms with Crippen molar-refractivity contribution in [1.82, 2.24) is 4.98 Å². The molecule has 30 heavy (non-hydrogen) atoms. The first-order valence-corrected chi connectivity index (χ1v) is 11.6.